The van der Waals surface area contributed by atoms with Crippen LogP contribution in [0.3, 0.4) is 0 Å². The van der Waals surface area contributed by atoms with Crippen molar-refractivity contribution in [1.29, 1.82) is 0 Å². The summed E-state index contributed by atoms with van der Waals surface area (Å²) in [6, 6.07) is 0. The molecule has 0 unspecified atom stereocenters. The number of carboxylic acid groups (broad SMARTS) is 1. The molecule has 0 saturated heterocycles. The maximum atomic E-state index is 9.00. The number of hydrogen-bond acceptors (Lipinski definition) is 2. The Hall–Kier alpha value is 0.768. The first-order valence-electron chi connectivity index (χ1n) is 0.822. The van der Waals surface area contributed by atoms with Gasteiger partial charge in [-0.2, -0.15) is 0 Å². The summed E-state index contributed by atoms with van der Waals surface area (Å²) in [5.74, 6) is 0. The Morgan fingerprint density at radius 3 is 1.83 bits per heavy atom. The van der Waals surface area contributed by atoms with Crippen molar-refractivity contribution in [3.8, 4) is 0 Å². The van der Waals surface area contributed by atoms with Crippen LogP contribution in [-0.2, 0) is 14.4 Å². The van der Waals surface area contributed by atoms with Gasteiger partial charge in [-0.25, -0.2) is 0 Å². The summed E-state index contributed by atoms with van der Waals surface area (Å²) in [6.45, 7) is 0. The molecule has 0 bridgehead atoms. The monoisotopic (exact) mass is 209 g/mol. The zero-order valence-corrected chi connectivity index (χ0v) is 6.64. The van der Waals surface area contributed by atoms with Gasteiger partial charge < -0.3 is 0 Å². The minimum absolute atomic E-state index is 0.833. The second-order valence-corrected chi connectivity index (χ2v) is 1.20. The molecule has 0 atom stereocenters. The van der Waals surface area contributed by atoms with Gasteiger partial charge in [-0.15, -0.1) is 0 Å². The van der Waals surface area contributed by atoms with Crippen LogP contribution in [0.1, 0.15) is 0 Å². The van der Waals surface area contributed by atoms with Gasteiger partial charge in [-0.1, -0.05) is 0 Å². The molecule has 0 spiro atoms. The van der Waals surface area contributed by atoms with E-state index in [9.17, 15) is 0 Å². The van der Waals surface area contributed by atoms with Gasteiger partial charge >= 0.3 is 56.4 Å². The van der Waals surface area contributed by atoms with Crippen molar-refractivity contribution >= 4 is 32.2 Å². The first-order valence-corrected chi connectivity index (χ1v) is 3.51. The van der Waals surface area contributed by atoms with Crippen LogP contribution in [-0.4, -0.2) is 26.7 Å². The fourth-order valence-electron chi connectivity index (χ4n) is 0. The summed E-state index contributed by atoms with van der Waals surface area (Å²) in [7, 11) is 3.83. The first kappa shape index (κ1) is 9.90. The molecule has 37 valence electrons. The molecule has 0 aromatic heterocycles. The summed E-state index contributed by atoms with van der Waals surface area (Å²) in [6.07, 6.45) is 0. The maximum absolute atomic E-state index is 9.00. The van der Waals surface area contributed by atoms with Gasteiger partial charge in [-0.05, 0) is 0 Å². The van der Waals surface area contributed by atoms with Gasteiger partial charge in [0.15, 0.2) is 0 Å². The molecule has 0 heterocycles. The fourth-order valence-corrected chi connectivity index (χ4v) is 0. The Morgan fingerprint density at radius 1 is 1.83 bits per heavy atom. The van der Waals surface area contributed by atoms with Gasteiger partial charge in [-0.3, -0.25) is 0 Å². The molecule has 0 fully saturated rings. The van der Waals surface area contributed by atoms with E-state index in [0.29, 0.717) is 0 Å². The molecular weight excluding hydrogens is 207 g/mol. The average Bonchev–Trinajstić information content (AvgIpc) is 1.41. The number of carbonyl (C=O) groups is 1. The van der Waals surface area contributed by atoms with E-state index in [2.05, 4.69) is 24.9 Å². The van der Waals surface area contributed by atoms with E-state index in [0.717, 1.165) is 16.9 Å². The molecule has 0 amide bonds. The van der Waals surface area contributed by atoms with Gasteiger partial charge in [0, 0.05) is 0 Å². The molecule has 0 aliphatic heterocycles. The molecule has 0 aliphatic rings. The molecule has 2 nitrogen and oxygen atoms in total. The minimum atomic E-state index is -0.833. The summed E-state index contributed by atoms with van der Waals surface area (Å²) in [4.78, 5) is 9.00. The van der Waals surface area contributed by atoms with Crippen molar-refractivity contribution in [2.45, 2.75) is 0 Å². The van der Waals surface area contributed by atoms with Crippen LogP contribution < -0.4 is 0 Å². The van der Waals surface area contributed by atoms with E-state index in [4.69, 9.17) is 9.90 Å². The fraction of sp³-hybridized carbons (Fsp3) is 0. The zero-order valence-electron chi connectivity index (χ0n) is 2.62. The predicted octanol–water partition coefficient (Wildman–Crippen LogP) is 0.211. The van der Waals surface area contributed by atoms with Gasteiger partial charge in [0.25, 0.3) is 0 Å². The first-order chi connectivity index (χ1) is 2.73. The summed E-state index contributed by atoms with van der Waals surface area (Å²) in [5.41, 5.74) is 0. The Kier molecular flexibility index (Phi) is 15.2. The van der Waals surface area contributed by atoms with Crippen LogP contribution in [0.5, 0.6) is 0 Å². The van der Waals surface area contributed by atoms with Crippen LogP contribution in [0, 0.1) is 0 Å². The molecule has 0 aromatic carbocycles. The quantitative estimate of drug-likeness (QED) is 0.579. The molecule has 0 saturated carbocycles. The van der Waals surface area contributed by atoms with Crippen LogP contribution in [0.2, 0.25) is 0 Å². The van der Waals surface area contributed by atoms with E-state index in [1.807, 2.05) is 0 Å². The summed E-state index contributed by atoms with van der Waals surface area (Å²) < 4.78 is -0.833. The van der Waals surface area contributed by atoms with E-state index < -0.39 is 4.76 Å². The molecule has 1 N–H and O–H groups in total. The second kappa shape index (κ2) is 9.24. The van der Waals surface area contributed by atoms with Crippen molar-refractivity contribution < 1.29 is 24.3 Å². The van der Waals surface area contributed by atoms with E-state index in [-0.39, 0.29) is 0 Å². The van der Waals surface area contributed by atoms with Crippen LogP contribution in [0.4, 0.5) is 4.79 Å². The third-order valence-electron chi connectivity index (χ3n) is 0. The van der Waals surface area contributed by atoms with Crippen molar-refractivity contribution in [1.82, 2.24) is 0 Å². The number of hydrogen-bond donors (Lipinski definition) is 1. The molecule has 0 aromatic rings. The van der Waals surface area contributed by atoms with E-state index in [1.54, 1.807) is 0 Å². The van der Waals surface area contributed by atoms with Gasteiger partial charge in [0.05, 0.1) is 0 Å². The molecular formula is CH2AsFeO2S. The second-order valence-electron chi connectivity index (χ2n) is 0.305. The van der Waals surface area contributed by atoms with Crippen molar-refractivity contribution in [3.05, 3.63) is 0 Å². The van der Waals surface area contributed by atoms with Crippen LogP contribution in [0.15, 0.2) is 0 Å². The van der Waals surface area contributed by atoms with E-state index >= 15 is 0 Å². The normalized spacial score (nSPS) is 5.00. The molecule has 5 heteroatoms. The SMILES string of the molecule is O=C(O)[AsH].[S]=[Fe]. The van der Waals surface area contributed by atoms with Gasteiger partial charge in [0.2, 0.25) is 0 Å². The third kappa shape index (κ3) is 115. The van der Waals surface area contributed by atoms with Crippen molar-refractivity contribution in [3.63, 3.8) is 0 Å². The molecule has 1 radical (unpaired) electrons. The Labute approximate surface area is 56.5 Å². The molecule has 0 aliphatic carbocycles. The molecule has 0 rings (SSSR count). The van der Waals surface area contributed by atoms with Crippen LogP contribution >= 0.6 is 10.6 Å². The Bertz CT molecular complexity index is 44.8. The Balaban J connectivity index is 0. The summed E-state index contributed by atoms with van der Waals surface area (Å²) >= 11 is 3.92. The number of rotatable bonds is 0. The van der Waals surface area contributed by atoms with Crippen LogP contribution in [0.25, 0.3) is 0 Å². The standard InChI is InChI=1S/CH2AsO2.Fe.S/c2-1(3)4;;/h2H,(H,3,4);;. The topological polar surface area (TPSA) is 37.3 Å². The van der Waals surface area contributed by atoms with Gasteiger partial charge in [0.1, 0.15) is 0 Å². The average molecular weight is 209 g/mol. The predicted molar refractivity (Wildman–Crippen MR) is 22.8 cm³/mol. The van der Waals surface area contributed by atoms with E-state index in [1.165, 1.54) is 0 Å². The zero-order chi connectivity index (χ0) is 5.58. The van der Waals surface area contributed by atoms with Crippen molar-refractivity contribution in [2.75, 3.05) is 0 Å². The molecule has 6 heavy (non-hydrogen) atoms. The Morgan fingerprint density at radius 2 is 1.83 bits per heavy atom. The van der Waals surface area contributed by atoms with Crippen molar-refractivity contribution in [2.24, 2.45) is 0 Å². The third-order valence-corrected chi connectivity index (χ3v) is 0. The summed E-state index contributed by atoms with van der Waals surface area (Å²) in [5, 5.41) is 7.42.